The molecule has 0 spiro atoms. The number of hydrogen-bond donors (Lipinski definition) is 0. The van der Waals surface area contributed by atoms with Gasteiger partial charge < -0.3 is 4.74 Å². The molecule has 1 aliphatic rings. The van der Waals surface area contributed by atoms with Gasteiger partial charge in [0.25, 0.3) is 0 Å². The van der Waals surface area contributed by atoms with Gasteiger partial charge in [-0.25, -0.2) is 12.8 Å². The molecule has 23 heavy (non-hydrogen) atoms. The summed E-state index contributed by atoms with van der Waals surface area (Å²) in [6.45, 7) is 0.396. The van der Waals surface area contributed by atoms with Crippen LogP contribution in [-0.4, -0.2) is 32.4 Å². The van der Waals surface area contributed by atoms with E-state index in [1.54, 1.807) is 11.3 Å². The van der Waals surface area contributed by atoms with Crippen LogP contribution in [0.2, 0.25) is 0 Å². The summed E-state index contributed by atoms with van der Waals surface area (Å²) >= 11 is 1.61. The second kappa shape index (κ2) is 6.59. The monoisotopic (exact) mass is 355 g/mol. The van der Waals surface area contributed by atoms with Crippen LogP contribution < -0.4 is 4.74 Å². The Morgan fingerprint density at radius 3 is 2.74 bits per heavy atom. The van der Waals surface area contributed by atoms with E-state index in [0.717, 1.165) is 23.8 Å². The molecule has 0 unspecified atom stereocenters. The molecule has 124 valence electrons. The van der Waals surface area contributed by atoms with Crippen molar-refractivity contribution in [2.75, 3.05) is 13.7 Å². The molecule has 1 saturated carbocycles. The Morgan fingerprint density at radius 1 is 1.35 bits per heavy atom. The molecule has 0 bridgehead atoms. The Morgan fingerprint density at radius 2 is 2.13 bits per heavy atom. The van der Waals surface area contributed by atoms with Gasteiger partial charge in [0.15, 0.2) is 0 Å². The van der Waals surface area contributed by atoms with Crippen molar-refractivity contribution in [2.45, 2.75) is 30.2 Å². The molecule has 1 aromatic carbocycles. The highest BCUT2D eigenvalue weighted by Crippen LogP contribution is 2.35. The summed E-state index contributed by atoms with van der Waals surface area (Å²) in [5, 5.41) is 1.97. The highest BCUT2D eigenvalue weighted by Gasteiger charge is 2.39. The van der Waals surface area contributed by atoms with Crippen LogP contribution >= 0.6 is 11.3 Å². The van der Waals surface area contributed by atoms with Crippen LogP contribution in [0.1, 0.15) is 17.7 Å². The average Bonchev–Trinajstić information content (AvgIpc) is 3.22. The van der Waals surface area contributed by atoms with E-state index >= 15 is 0 Å². The maximum atomic E-state index is 13.6. The average molecular weight is 355 g/mol. The van der Waals surface area contributed by atoms with E-state index < -0.39 is 15.8 Å². The summed E-state index contributed by atoms with van der Waals surface area (Å²) in [4.78, 5) is 1.04. The first-order valence-electron chi connectivity index (χ1n) is 7.40. The first kappa shape index (κ1) is 16.4. The zero-order chi connectivity index (χ0) is 16.4. The maximum Gasteiger partial charge on any atom is 0.247 e. The Balaban J connectivity index is 1.90. The molecule has 0 aliphatic heterocycles. The largest absolute Gasteiger partial charge is 0.495 e. The first-order chi connectivity index (χ1) is 11.0. The first-order valence-corrected chi connectivity index (χ1v) is 9.72. The summed E-state index contributed by atoms with van der Waals surface area (Å²) in [6.07, 6.45) is 2.35. The second-order valence-corrected chi connectivity index (χ2v) is 8.36. The minimum Gasteiger partial charge on any atom is -0.495 e. The van der Waals surface area contributed by atoms with Crippen LogP contribution in [0.5, 0.6) is 5.75 Å². The fraction of sp³-hybridized carbons (Fsp3) is 0.375. The molecule has 1 fully saturated rings. The third-order valence-corrected chi connectivity index (χ3v) is 6.73. The SMILES string of the molecule is COc1ccc(F)cc1S(=O)(=O)N(CCc1cccs1)C1CC1. The van der Waals surface area contributed by atoms with Crippen molar-refractivity contribution >= 4 is 21.4 Å². The predicted octanol–water partition coefficient (Wildman–Crippen LogP) is 3.29. The van der Waals surface area contributed by atoms with Crippen molar-refractivity contribution in [3.05, 3.63) is 46.4 Å². The zero-order valence-corrected chi connectivity index (χ0v) is 14.4. The van der Waals surface area contributed by atoms with Gasteiger partial charge in [0, 0.05) is 17.5 Å². The van der Waals surface area contributed by atoms with Gasteiger partial charge in [-0.2, -0.15) is 4.31 Å². The van der Waals surface area contributed by atoms with E-state index in [4.69, 9.17) is 4.74 Å². The molecule has 0 saturated heterocycles. The van der Waals surface area contributed by atoms with Crippen LogP contribution in [0.25, 0.3) is 0 Å². The number of nitrogens with zero attached hydrogens (tertiary/aromatic N) is 1. The lowest BCUT2D eigenvalue weighted by molar-refractivity contribution is 0.384. The number of ether oxygens (including phenoxy) is 1. The molecule has 2 aromatic rings. The van der Waals surface area contributed by atoms with Crippen LogP contribution in [0.3, 0.4) is 0 Å². The Kier molecular flexibility index (Phi) is 4.70. The smallest absolute Gasteiger partial charge is 0.247 e. The maximum absolute atomic E-state index is 13.6. The van der Waals surface area contributed by atoms with Crippen molar-refractivity contribution < 1.29 is 17.5 Å². The van der Waals surface area contributed by atoms with E-state index in [1.165, 1.54) is 23.5 Å². The number of rotatable bonds is 7. The molecule has 0 radical (unpaired) electrons. The van der Waals surface area contributed by atoms with Crippen molar-refractivity contribution in [3.63, 3.8) is 0 Å². The molecule has 0 N–H and O–H groups in total. The van der Waals surface area contributed by atoms with Crippen molar-refractivity contribution in [3.8, 4) is 5.75 Å². The number of methoxy groups -OCH3 is 1. The van der Waals surface area contributed by atoms with Gasteiger partial charge in [0.1, 0.15) is 16.5 Å². The lowest BCUT2D eigenvalue weighted by Gasteiger charge is -2.22. The Hall–Kier alpha value is -1.44. The minimum absolute atomic E-state index is 0.00735. The van der Waals surface area contributed by atoms with Crippen molar-refractivity contribution in [1.82, 2.24) is 4.31 Å². The van der Waals surface area contributed by atoms with Gasteiger partial charge in [0.05, 0.1) is 7.11 Å². The summed E-state index contributed by atoms with van der Waals surface area (Å²) in [5.74, 6) is -0.411. The molecule has 1 aromatic heterocycles. The van der Waals surface area contributed by atoms with Crippen LogP contribution in [0, 0.1) is 5.82 Å². The molecular weight excluding hydrogens is 337 g/mol. The topological polar surface area (TPSA) is 46.6 Å². The lowest BCUT2D eigenvalue weighted by Crippen LogP contribution is -2.35. The van der Waals surface area contributed by atoms with Gasteiger partial charge in [-0.3, -0.25) is 0 Å². The molecule has 4 nitrogen and oxygen atoms in total. The molecular formula is C16H18FNO3S2. The van der Waals surface area contributed by atoms with E-state index in [2.05, 4.69) is 0 Å². The molecule has 0 atom stereocenters. The van der Waals surface area contributed by atoms with Gasteiger partial charge >= 0.3 is 0 Å². The quantitative estimate of drug-likeness (QED) is 0.766. The van der Waals surface area contributed by atoms with E-state index in [1.807, 2.05) is 17.5 Å². The minimum atomic E-state index is -3.78. The normalized spacial score (nSPS) is 15.1. The van der Waals surface area contributed by atoms with Crippen LogP contribution in [0.4, 0.5) is 4.39 Å². The highest BCUT2D eigenvalue weighted by atomic mass is 32.2. The molecule has 1 aliphatic carbocycles. The Bertz CT molecular complexity index is 771. The summed E-state index contributed by atoms with van der Waals surface area (Å²) in [7, 11) is -2.40. The van der Waals surface area contributed by atoms with Crippen LogP contribution in [-0.2, 0) is 16.4 Å². The number of sulfonamides is 1. The third kappa shape index (κ3) is 3.57. The molecule has 7 heteroatoms. The molecule has 3 rings (SSSR count). The van der Waals surface area contributed by atoms with Gasteiger partial charge in [-0.05, 0) is 48.9 Å². The predicted molar refractivity (Wildman–Crippen MR) is 87.9 cm³/mol. The Labute approximate surface area is 139 Å². The van der Waals surface area contributed by atoms with E-state index in [9.17, 15) is 12.8 Å². The van der Waals surface area contributed by atoms with Gasteiger partial charge in [0.2, 0.25) is 10.0 Å². The molecule has 1 heterocycles. The lowest BCUT2D eigenvalue weighted by atomic mass is 10.3. The van der Waals surface area contributed by atoms with Gasteiger partial charge in [-0.15, -0.1) is 11.3 Å². The standard InChI is InChI=1S/C16H18FNO3S2/c1-21-15-7-4-12(17)11-16(15)23(19,20)18(13-5-6-13)9-8-14-3-2-10-22-14/h2-4,7,10-11,13H,5-6,8-9H2,1H3. The fourth-order valence-electron chi connectivity index (χ4n) is 2.52. The molecule has 0 amide bonds. The summed E-state index contributed by atoms with van der Waals surface area (Å²) in [6, 6.07) is 7.54. The van der Waals surface area contributed by atoms with E-state index in [-0.39, 0.29) is 16.7 Å². The fourth-order valence-corrected chi connectivity index (χ4v) is 5.07. The van der Waals surface area contributed by atoms with Crippen LogP contribution in [0.15, 0.2) is 40.6 Å². The number of benzene rings is 1. The third-order valence-electron chi connectivity index (χ3n) is 3.83. The van der Waals surface area contributed by atoms with E-state index in [0.29, 0.717) is 13.0 Å². The second-order valence-electron chi connectivity index (χ2n) is 5.47. The highest BCUT2D eigenvalue weighted by molar-refractivity contribution is 7.89. The number of thiophene rings is 1. The number of hydrogen-bond acceptors (Lipinski definition) is 4. The van der Waals surface area contributed by atoms with Gasteiger partial charge in [-0.1, -0.05) is 6.07 Å². The number of halogens is 1. The van der Waals surface area contributed by atoms with Crippen molar-refractivity contribution in [2.24, 2.45) is 0 Å². The summed E-state index contributed by atoms with van der Waals surface area (Å²) in [5.41, 5.74) is 0. The summed E-state index contributed by atoms with van der Waals surface area (Å²) < 4.78 is 46.1. The van der Waals surface area contributed by atoms with Crippen molar-refractivity contribution in [1.29, 1.82) is 0 Å². The zero-order valence-electron chi connectivity index (χ0n) is 12.7.